The first-order chi connectivity index (χ1) is 19.7. The van der Waals surface area contributed by atoms with Crippen molar-refractivity contribution in [1.82, 2.24) is 4.72 Å². The van der Waals surface area contributed by atoms with Crippen LogP contribution in [-0.4, -0.2) is 52.5 Å². The van der Waals surface area contributed by atoms with E-state index >= 15 is 0 Å². The summed E-state index contributed by atoms with van der Waals surface area (Å²) in [4.78, 5) is 15.6. The van der Waals surface area contributed by atoms with Crippen LogP contribution in [0.15, 0.2) is 48.6 Å². The number of aryl methyl sites for hydroxylation is 1. The number of allylic oxidation sites excluding steroid dienone is 1. The lowest BCUT2D eigenvalue weighted by Crippen LogP contribution is -2.49. The standard InChI is InChI=1S/C32H39ClN2O5S/c1-21-6-3-4-8-29(39-2)26-12-9-24(26)18-35-19-32(15-5-7-22-16-25(33)11-13-27(22)32)20-40-30-14-10-23(17-28(30)35)31(36)34-41(21,37)38/h4,8,10-11,13-14,16-17,21,24,26,29H,3,5-7,9,12,15,18-20H2,1-2H3,(H,34,36)/b8-4-/t21-,24+,26-,29+,32+/m1/s1. The van der Waals surface area contributed by atoms with Crippen LogP contribution >= 0.6 is 11.6 Å². The molecule has 2 aliphatic carbocycles. The van der Waals surface area contributed by atoms with E-state index in [1.54, 1.807) is 20.1 Å². The first-order valence-corrected chi connectivity index (χ1v) is 16.7. The minimum absolute atomic E-state index is 0.0196. The third-order valence-electron chi connectivity index (χ3n) is 9.76. The first kappa shape index (κ1) is 28.6. The van der Waals surface area contributed by atoms with E-state index in [0.717, 1.165) is 61.7 Å². The number of anilines is 1. The number of hydrogen-bond donors (Lipinski definition) is 1. The molecule has 2 aliphatic heterocycles. The zero-order valence-corrected chi connectivity index (χ0v) is 25.3. The molecule has 0 unspecified atom stereocenters. The van der Waals surface area contributed by atoms with E-state index in [1.165, 1.54) is 11.1 Å². The van der Waals surface area contributed by atoms with E-state index < -0.39 is 21.2 Å². The lowest BCUT2D eigenvalue weighted by molar-refractivity contribution is 0.0132. The van der Waals surface area contributed by atoms with E-state index in [2.05, 4.69) is 27.8 Å². The predicted molar refractivity (Wildman–Crippen MR) is 161 cm³/mol. The summed E-state index contributed by atoms with van der Waals surface area (Å²) in [5, 5.41) is 0.0429. The molecule has 2 heterocycles. The topological polar surface area (TPSA) is 84.9 Å². The SMILES string of the molecule is CO[C@H]1/C=C\CC[C@@H](C)S(=O)(=O)NC(=O)c2ccc3c(c2)N(C[C@@H]2CC[C@H]21)C[C@@]1(CCCc2cc(Cl)ccc21)CO3. The number of sulfonamides is 1. The summed E-state index contributed by atoms with van der Waals surface area (Å²) < 4.78 is 40.8. The molecule has 7 nitrogen and oxygen atoms in total. The van der Waals surface area contributed by atoms with Crippen LogP contribution in [0.1, 0.15) is 66.9 Å². The summed E-state index contributed by atoms with van der Waals surface area (Å²) in [7, 11) is -2.08. The van der Waals surface area contributed by atoms with Gasteiger partial charge in [-0.3, -0.25) is 4.79 Å². The number of nitrogens with one attached hydrogen (secondary N) is 1. The molecule has 0 radical (unpaired) electrons. The molecule has 0 aromatic heterocycles. The Kier molecular flexibility index (Phi) is 7.85. The van der Waals surface area contributed by atoms with Gasteiger partial charge in [-0.1, -0.05) is 29.8 Å². The second-order valence-corrected chi connectivity index (χ2v) is 14.8. The van der Waals surface area contributed by atoms with Gasteiger partial charge in [0.05, 0.1) is 23.6 Å². The van der Waals surface area contributed by atoms with E-state index in [-0.39, 0.29) is 11.5 Å². The maximum Gasteiger partial charge on any atom is 0.264 e. The van der Waals surface area contributed by atoms with Gasteiger partial charge in [-0.15, -0.1) is 0 Å². The fraction of sp³-hybridized carbons (Fsp3) is 0.531. The van der Waals surface area contributed by atoms with Gasteiger partial charge in [0.2, 0.25) is 10.0 Å². The number of halogens is 1. The van der Waals surface area contributed by atoms with Crippen molar-refractivity contribution < 1.29 is 22.7 Å². The molecule has 2 aromatic carbocycles. The summed E-state index contributed by atoms with van der Waals surface area (Å²) >= 11 is 6.39. The van der Waals surface area contributed by atoms with Crippen LogP contribution in [0.25, 0.3) is 0 Å². The Balaban J connectivity index is 1.43. The lowest BCUT2D eigenvalue weighted by Gasteiger charge is -2.46. The maximum atomic E-state index is 13.2. The molecular weight excluding hydrogens is 560 g/mol. The molecule has 1 fully saturated rings. The van der Waals surface area contributed by atoms with Crippen molar-refractivity contribution in [1.29, 1.82) is 0 Å². The van der Waals surface area contributed by atoms with Crippen molar-refractivity contribution >= 4 is 33.2 Å². The lowest BCUT2D eigenvalue weighted by atomic mass is 9.68. The Bertz CT molecular complexity index is 1460. The fourth-order valence-electron chi connectivity index (χ4n) is 7.19. The Hall–Kier alpha value is -2.55. The van der Waals surface area contributed by atoms with Crippen LogP contribution in [0.2, 0.25) is 5.02 Å². The molecule has 6 rings (SSSR count). The molecule has 2 aromatic rings. The number of hydrogen-bond acceptors (Lipinski definition) is 6. The third kappa shape index (κ3) is 5.51. The van der Waals surface area contributed by atoms with Crippen molar-refractivity contribution in [3.8, 4) is 5.75 Å². The molecule has 41 heavy (non-hydrogen) atoms. The van der Waals surface area contributed by atoms with E-state index in [1.807, 2.05) is 24.3 Å². The van der Waals surface area contributed by atoms with Crippen molar-refractivity contribution in [2.24, 2.45) is 11.8 Å². The Morgan fingerprint density at radius 3 is 2.78 bits per heavy atom. The minimum Gasteiger partial charge on any atom is -0.490 e. The largest absolute Gasteiger partial charge is 0.490 e. The highest BCUT2D eigenvalue weighted by molar-refractivity contribution is 7.90. The van der Waals surface area contributed by atoms with Crippen molar-refractivity contribution in [3.63, 3.8) is 0 Å². The molecule has 9 heteroatoms. The number of carbonyl (C=O) groups excluding carboxylic acids is 1. The number of nitrogens with zero attached hydrogens (tertiary/aromatic N) is 1. The van der Waals surface area contributed by atoms with Gasteiger partial charge in [-0.05, 0) is 105 Å². The van der Waals surface area contributed by atoms with Crippen LogP contribution in [-0.2, 0) is 26.6 Å². The summed E-state index contributed by atoms with van der Waals surface area (Å²) in [5.41, 5.74) is 3.49. The predicted octanol–water partition coefficient (Wildman–Crippen LogP) is 5.65. The summed E-state index contributed by atoms with van der Waals surface area (Å²) in [5.74, 6) is 0.902. The van der Waals surface area contributed by atoms with Crippen molar-refractivity contribution in [2.45, 2.75) is 68.6 Å². The second-order valence-electron chi connectivity index (χ2n) is 12.3. The average Bonchev–Trinajstić information content (AvgIpc) is 3.08. The fourth-order valence-corrected chi connectivity index (χ4v) is 8.41. The van der Waals surface area contributed by atoms with Crippen LogP contribution < -0.4 is 14.4 Å². The molecule has 1 N–H and O–H groups in total. The Morgan fingerprint density at radius 2 is 2.00 bits per heavy atom. The zero-order chi connectivity index (χ0) is 28.8. The van der Waals surface area contributed by atoms with Crippen LogP contribution in [0.4, 0.5) is 5.69 Å². The number of ether oxygens (including phenoxy) is 2. The molecule has 0 saturated heterocycles. The first-order valence-electron chi connectivity index (χ1n) is 14.8. The van der Waals surface area contributed by atoms with E-state index in [0.29, 0.717) is 36.8 Å². The van der Waals surface area contributed by atoms with Gasteiger partial charge in [0.1, 0.15) is 5.75 Å². The summed E-state index contributed by atoms with van der Waals surface area (Å²) in [6.07, 6.45) is 10.4. The molecule has 5 atom stereocenters. The monoisotopic (exact) mass is 598 g/mol. The molecule has 1 saturated carbocycles. The van der Waals surface area contributed by atoms with Gasteiger partial charge in [0, 0.05) is 36.2 Å². The molecule has 1 spiro atoms. The number of methoxy groups -OCH3 is 1. The average molecular weight is 599 g/mol. The van der Waals surface area contributed by atoms with Gasteiger partial charge < -0.3 is 14.4 Å². The highest BCUT2D eigenvalue weighted by Crippen LogP contribution is 2.47. The Labute approximate surface area is 248 Å². The summed E-state index contributed by atoms with van der Waals surface area (Å²) in [6.45, 7) is 3.72. The van der Waals surface area contributed by atoms with Gasteiger partial charge >= 0.3 is 0 Å². The van der Waals surface area contributed by atoms with Crippen molar-refractivity contribution in [2.75, 3.05) is 31.7 Å². The third-order valence-corrected chi connectivity index (χ3v) is 11.8. The number of benzene rings is 2. The Morgan fingerprint density at radius 1 is 1.15 bits per heavy atom. The van der Waals surface area contributed by atoms with Gasteiger partial charge in [-0.25, -0.2) is 13.1 Å². The second kappa shape index (κ2) is 11.3. The molecule has 220 valence electrons. The number of fused-ring (bicyclic) bond motifs is 4. The number of amides is 1. The highest BCUT2D eigenvalue weighted by Gasteiger charge is 2.44. The number of carbonyl (C=O) groups is 1. The minimum atomic E-state index is -3.84. The quantitative estimate of drug-likeness (QED) is 0.427. The number of rotatable bonds is 1. The normalized spacial score (nSPS) is 32.0. The molecule has 1 amide bonds. The van der Waals surface area contributed by atoms with Crippen molar-refractivity contribution in [3.05, 3.63) is 70.3 Å². The summed E-state index contributed by atoms with van der Waals surface area (Å²) in [6, 6.07) is 11.5. The van der Waals surface area contributed by atoms with E-state index in [9.17, 15) is 13.2 Å². The molecule has 2 bridgehead atoms. The van der Waals surface area contributed by atoms with Gasteiger partial charge in [0.25, 0.3) is 5.91 Å². The van der Waals surface area contributed by atoms with Crippen LogP contribution in [0, 0.1) is 11.8 Å². The van der Waals surface area contributed by atoms with Gasteiger partial charge in [0.15, 0.2) is 0 Å². The molecular formula is C32H39ClN2O5S. The maximum absolute atomic E-state index is 13.2. The zero-order valence-electron chi connectivity index (χ0n) is 23.8. The molecule has 4 aliphatic rings. The van der Waals surface area contributed by atoms with E-state index in [4.69, 9.17) is 21.1 Å². The highest BCUT2D eigenvalue weighted by atomic mass is 35.5. The van der Waals surface area contributed by atoms with Crippen LogP contribution in [0.5, 0.6) is 5.75 Å². The smallest absolute Gasteiger partial charge is 0.264 e. The van der Waals surface area contributed by atoms with Gasteiger partial charge in [-0.2, -0.15) is 0 Å². The van der Waals surface area contributed by atoms with Crippen LogP contribution in [0.3, 0.4) is 0 Å².